The maximum Gasteiger partial charge on any atom is 0.309 e. The van der Waals surface area contributed by atoms with E-state index in [9.17, 15) is 14.7 Å². The largest absolute Gasteiger partial charge is 0.481 e. The second kappa shape index (κ2) is 18.7. The molecule has 178 valence electrons. The lowest BCUT2D eigenvalue weighted by molar-refractivity contribution is -0.155. The van der Waals surface area contributed by atoms with Crippen LogP contribution in [0.25, 0.3) is 0 Å². The second-order valence-electron chi connectivity index (χ2n) is 9.27. The summed E-state index contributed by atoms with van der Waals surface area (Å²) < 4.78 is 0. The van der Waals surface area contributed by atoms with E-state index in [4.69, 9.17) is 5.11 Å². The van der Waals surface area contributed by atoms with Crippen molar-refractivity contribution in [2.75, 3.05) is 0 Å². The van der Waals surface area contributed by atoms with Gasteiger partial charge in [-0.25, -0.2) is 0 Å². The van der Waals surface area contributed by atoms with E-state index in [1.54, 1.807) is 0 Å². The van der Waals surface area contributed by atoms with Crippen molar-refractivity contribution in [3.8, 4) is 0 Å². The van der Waals surface area contributed by atoms with Crippen molar-refractivity contribution >= 4 is 11.9 Å². The van der Waals surface area contributed by atoms with Crippen LogP contribution >= 0.6 is 0 Å². The molecule has 2 atom stereocenters. The van der Waals surface area contributed by atoms with Gasteiger partial charge in [0.1, 0.15) is 0 Å². The number of carbonyl (C=O) groups is 2. The van der Waals surface area contributed by atoms with Crippen molar-refractivity contribution in [1.82, 2.24) is 0 Å². The Hall–Kier alpha value is -1.06. The first kappa shape index (κ1) is 28.9. The topological polar surface area (TPSA) is 74.6 Å². The highest BCUT2D eigenvalue weighted by Crippen LogP contribution is 2.44. The summed E-state index contributed by atoms with van der Waals surface area (Å²) in [4.78, 5) is 23.3. The van der Waals surface area contributed by atoms with Crippen LogP contribution in [0.3, 0.4) is 0 Å². The highest BCUT2D eigenvalue weighted by Gasteiger charge is 2.43. The van der Waals surface area contributed by atoms with Gasteiger partial charge in [0, 0.05) is 6.42 Å². The summed E-state index contributed by atoms with van der Waals surface area (Å²) in [5.41, 5.74) is -0.572. The minimum atomic E-state index is -0.723. The zero-order chi connectivity index (χ0) is 22.7. The van der Waals surface area contributed by atoms with Crippen molar-refractivity contribution in [2.45, 2.75) is 143 Å². The van der Waals surface area contributed by atoms with E-state index in [0.29, 0.717) is 0 Å². The highest BCUT2D eigenvalue weighted by molar-refractivity contribution is 5.75. The quantitative estimate of drug-likeness (QED) is 0.171. The number of rotatable bonds is 22. The van der Waals surface area contributed by atoms with Crippen LogP contribution in [0.4, 0.5) is 0 Å². The Balaban J connectivity index is 5.02. The predicted octanol–water partition coefficient (Wildman–Crippen LogP) is 8.23. The molecule has 2 N–H and O–H groups in total. The Morgan fingerprint density at radius 2 is 1.13 bits per heavy atom. The summed E-state index contributed by atoms with van der Waals surface area (Å²) in [5, 5.41) is 19.2. The molecule has 0 heterocycles. The molecule has 0 aromatic carbocycles. The molecule has 0 aliphatic heterocycles. The molecule has 0 saturated heterocycles. The van der Waals surface area contributed by atoms with Crippen LogP contribution in [0.1, 0.15) is 143 Å². The minimum absolute atomic E-state index is 0.243. The molecule has 0 aromatic heterocycles. The average molecular weight is 427 g/mol. The van der Waals surface area contributed by atoms with Gasteiger partial charge in [-0.2, -0.15) is 0 Å². The molecule has 4 nitrogen and oxygen atoms in total. The zero-order valence-corrected chi connectivity index (χ0v) is 20.2. The number of carboxylic acid groups (broad SMARTS) is 2. The van der Waals surface area contributed by atoms with E-state index in [1.807, 2.05) is 0 Å². The van der Waals surface area contributed by atoms with Gasteiger partial charge in [-0.1, -0.05) is 104 Å². The Morgan fingerprint density at radius 1 is 0.633 bits per heavy atom. The Labute approximate surface area is 186 Å². The number of hydrogen-bond acceptors (Lipinski definition) is 2. The summed E-state index contributed by atoms with van der Waals surface area (Å²) in [6.45, 7) is 6.56. The van der Waals surface area contributed by atoms with Gasteiger partial charge in [-0.3, -0.25) is 9.59 Å². The van der Waals surface area contributed by atoms with Crippen molar-refractivity contribution < 1.29 is 19.8 Å². The third-order valence-electron chi connectivity index (χ3n) is 6.76. The first-order valence-corrected chi connectivity index (χ1v) is 12.9. The minimum Gasteiger partial charge on any atom is -0.481 e. The van der Waals surface area contributed by atoms with Crippen LogP contribution in [0.5, 0.6) is 0 Å². The Bertz CT molecular complexity index is 435. The van der Waals surface area contributed by atoms with E-state index in [2.05, 4.69) is 20.8 Å². The number of hydrogen-bond donors (Lipinski definition) is 2. The maximum atomic E-state index is 12.6. The molecule has 0 amide bonds. The summed E-state index contributed by atoms with van der Waals surface area (Å²) in [5.74, 6) is -1.05. The Kier molecular flexibility index (Phi) is 18.0. The van der Waals surface area contributed by atoms with E-state index >= 15 is 0 Å². The third-order valence-corrected chi connectivity index (χ3v) is 6.76. The van der Waals surface area contributed by atoms with Crippen LogP contribution in [-0.4, -0.2) is 22.2 Å². The second-order valence-corrected chi connectivity index (χ2v) is 9.27. The summed E-state index contributed by atoms with van der Waals surface area (Å²) in [7, 11) is 0. The first-order chi connectivity index (χ1) is 14.4. The van der Waals surface area contributed by atoms with Gasteiger partial charge in [-0.05, 0) is 38.0 Å². The van der Waals surface area contributed by atoms with Gasteiger partial charge in [-0.15, -0.1) is 0 Å². The molecule has 0 aromatic rings. The molecule has 30 heavy (non-hydrogen) atoms. The summed E-state index contributed by atoms with van der Waals surface area (Å²) in [6, 6.07) is 0. The molecule has 0 aliphatic carbocycles. The van der Waals surface area contributed by atoms with Crippen molar-refractivity contribution in [3.05, 3.63) is 0 Å². The van der Waals surface area contributed by atoms with Gasteiger partial charge in [0.05, 0.1) is 5.41 Å². The summed E-state index contributed by atoms with van der Waals surface area (Å²) in [6.07, 6.45) is 19.0. The number of carboxylic acids is 2. The number of unbranched alkanes of at least 4 members (excludes halogenated alkanes) is 10. The Morgan fingerprint density at radius 3 is 1.73 bits per heavy atom. The third kappa shape index (κ3) is 12.6. The maximum absolute atomic E-state index is 12.6. The van der Waals surface area contributed by atoms with Crippen molar-refractivity contribution in [3.63, 3.8) is 0 Å². The van der Waals surface area contributed by atoms with E-state index in [-0.39, 0.29) is 12.3 Å². The monoisotopic (exact) mass is 426 g/mol. The van der Waals surface area contributed by atoms with Gasteiger partial charge in [0.2, 0.25) is 0 Å². The summed E-state index contributed by atoms with van der Waals surface area (Å²) >= 11 is 0. The van der Waals surface area contributed by atoms with Crippen LogP contribution in [0.2, 0.25) is 0 Å². The SMILES string of the molecule is CCCCCCCCC(CCCC)(C(=O)O)C(CCCC)CCCCCCC(=O)O. The van der Waals surface area contributed by atoms with Gasteiger partial charge >= 0.3 is 11.9 Å². The molecule has 4 heteroatoms. The van der Waals surface area contributed by atoms with Crippen LogP contribution in [-0.2, 0) is 9.59 Å². The van der Waals surface area contributed by atoms with Crippen LogP contribution in [0, 0.1) is 11.3 Å². The molecule has 0 aliphatic rings. The van der Waals surface area contributed by atoms with Gasteiger partial charge < -0.3 is 10.2 Å². The lowest BCUT2D eigenvalue weighted by atomic mass is 9.65. The van der Waals surface area contributed by atoms with Crippen LogP contribution in [0.15, 0.2) is 0 Å². The molecule has 0 bridgehead atoms. The average Bonchev–Trinajstić information content (AvgIpc) is 2.71. The molecular weight excluding hydrogens is 376 g/mol. The highest BCUT2D eigenvalue weighted by atomic mass is 16.4. The molecular formula is C26H50O4. The molecule has 0 fully saturated rings. The smallest absolute Gasteiger partial charge is 0.309 e. The van der Waals surface area contributed by atoms with E-state index < -0.39 is 17.4 Å². The predicted molar refractivity (Wildman–Crippen MR) is 126 cm³/mol. The van der Waals surface area contributed by atoms with Gasteiger partial charge in [0.25, 0.3) is 0 Å². The zero-order valence-electron chi connectivity index (χ0n) is 20.2. The van der Waals surface area contributed by atoms with E-state index in [0.717, 1.165) is 89.9 Å². The van der Waals surface area contributed by atoms with E-state index in [1.165, 1.54) is 25.7 Å². The standard InChI is InChI=1S/C26H50O4/c1-4-7-10-11-14-17-22-26(25(29)30,21-9-6-3)23(18-8-5-2)19-15-12-13-16-20-24(27)28/h23H,4-22H2,1-3H3,(H,27,28)(H,29,30). The molecule has 0 saturated carbocycles. The molecule has 0 rings (SSSR count). The number of aliphatic carboxylic acids is 2. The van der Waals surface area contributed by atoms with Gasteiger partial charge in [0.15, 0.2) is 0 Å². The first-order valence-electron chi connectivity index (χ1n) is 12.9. The molecule has 0 spiro atoms. The lowest BCUT2D eigenvalue weighted by Gasteiger charge is -2.38. The fourth-order valence-electron chi connectivity index (χ4n) is 4.80. The van der Waals surface area contributed by atoms with Crippen molar-refractivity contribution in [1.29, 1.82) is 0 Å². The van der Waals surface area contributed by atoms with Crippen LogP contribution < -0.4 is 0 Å². The fourth-order valence-corrected chi connectivity index (χ4v) is 4.80. The molecule has 0 radical (unpaired) electrons. The lowest BCUT2D eigenvalue weighted by Crippen LogP contribution is -2.39. The fraction of sp³-hybridized carbons (Fsp3) is 0.923. The van der Waals surface area contributed by atoms with Crippen molar-refractivity contribution in [2.24, 2.45) is 11.3 Å². The normalized spacial score (nSPS) is 14.4. The molecule has 2 unspecified atom stereocenters.